The van der Waals surface area contributed by atoms with Crippen molar-refractivity contribution in [3.8, 4) is 12.3 Å². The standard InChI is InChI=1S/C19H20N2O4/c1-5-12-8-7-9-13(10-12)20-21-16-14(22)11-19(3,4)15(17(16)23)18(24)25-6-2/h1,7-10,15,23H,6,11H2,2-4H3. The predicted molar refractivity (Wildman–Crippen MR) is 92.1 cm³/mol. The number of aliphatic hydroxyl groups is 1. The molecule has 1 aromatic carbocycles. The van der Waals surface area contributed by atoms with Crippen molar-refractivity contribution in [3.63, 3.8) is 0 Å². The number of carbonyl (C=O) groups excluding carboxylic acids is 2. The third kappa shape index (κ3) is 3.94. The Bertz CT molecular complexity index is 800. The van der Waals surface area contributed by atoms with Crippen LogP contribution < -0.4 is 0 Å². The van der Waals surface area contributed by atoms with Crippen LogP contribution in [-0.4, -0.2) is 23.5 Å². The first kappa shape index (κ1) is 18.4. The molecule has 0 aliphatic heterocycles. The molecule has 1 atom stereocenters. The fourth-order valence-corrected chi connectivity index (χ4v) is 2.78. The zero-order chi connectivity index (χ0) is 18.6. The number of benzene rings is 1. The molecule has 6 nitrogen and oxygen atoms in total. The van der Waals surface area contributed by atoms with Gasteiger partial charge in [-0.25, -0.2) is 0 Å². The van der Waals surface area contributed by atoms with Gasteiger partial charge in [-0.15, -0.1) is 11.5 Å². The maximum Gasteiger partial charge on any atom is 0.317 e. The summed E-state index contributed by atoms with van der Waals surface area (Å²) in [6, 6.07) is 6.75. The molecule has 0 radical (unpaired) electrons. The van der Waals surface area contributed by atoms with Gasteiger partial charge < -0.3 is 9.84 Å². The number of ketones is 1. The van der Waals surface area contributed by atoms with Crippen LogP contribution in [-0.2, 0) is 14.3 Å². The van der Waals surface area contributed by atoms with Gasteiger partial charge in [0.2, 0.25) is 0 Å². The lowest BCUT2D eigenvalue weighted by Crippen LogP contribution is -2.40. The van der Waals surface area contributed by atoms with E-state index in [9.17, 15) is 14.7 Å². The van der Waals surface area contributed by atoms with E-state index < -0.39 is 23.1 Å². The number of carbonyl (C=O) groups is 2. The summed E-state index contributed by atoms with van der Waals surface area (Å²) in [5.74, 6) is 0.152. The van der Waals surface area contributed by atoms with Gasteiger partial charge in [0.1, 0.15) is 11.7 Å². The van der Waals surface area contributed by atoms with Crippen LogP contribution >= 0.6 is 0 Å². The Labute approximate surface area is 146 Å². The van der Waals surface area contributed by atoms with Gasteiger partial charge in [-0.3, -0.25) is 9.59 Å². The highest BCUT2D eigenvalue weighted by atomic mass is 16.5. The Kier molecular flexibility index (Phi) is 5.38. The van der Waals surface area contributed by atoms with Gasteiger partial charge in [-0.2, -0.15) is 5.11 Å². The normalized spacial score (nSPS) is 19.8. The molecule has 25 heavy (non-hydrogen) atoms. The van der Waals surface area contributed by atoms with Gasteiger partial charge in [0, 0.05) is 12.0 Å². The molecule has 1 aromatic rings. The minimum Gasteiger partial charge on any atom is -0.509 e. The van der Waals surface area contributed by atoms with Crippen LogP contribution in [0.2, 0.25) is 0 Å². The molecule has 1 aliphatic carbocycles. The van der Waals surface area contributed by atoms with Crippen LogP contribution in [0.1, 0.15) is 32.8 Å². The summed E-state index contributed by atoms with van der Waals surface area (Å²) in [4.78, 5) is 24.5. The fourth-order valence-electron chi connectivity index (χ4n) is 2.78. The molecule has 0 saturated heterocycles. The zero-order valence-electron chi connectivity index (χ0n) is 14.4. The number of allylic oxidation sites excluding steroid dienone is 1. The third-order valence-electron chi connectivity index (χ3n) is 3.98. The maximum atomic E-state index is 12.3. The van der Waals surface area contributed by atoms with Crippen molar-refractivity contribution < 1.29 is 19.4 Å². The molecule has 0 saturated carbocycles. The molecule has 0 bridgehead atoms. The van der Waals surface area contributed by atoms with E-state index in [0.717, 1.165) is 0 Å². The van der Waals surface area contributed by atoms with Gasteiger partial charge in [0.05, 0.1) is 12.3 Å². The Balaban J connectivity index is 2.41. The topological polar surface area (TPSA) is 88.3 Å². The number of aliphatic hydroxyl groups excluding tert-OH is 1. The summed E-state index contributed by atoms with van der Waals surface area (Å²) in [5, 5.41) is 18.3. The lowest BCUT2D eigenvalue weighted by molar-refractivity contribution is -0.152. The van der Waals surface area contributed by atoms with Gasteiger partial charge in [-0.05, 0) is 30.5 Å². The summed E-state index contributed by atoms with van der Waals surface area (Å²) in [5.41, 5.74) is 0.0789. The van der Waals surface area contributed by atoms with Crippen LogP contribution in [0, 0.1) is 23.7 Å². The molecule has 2 rings (SSSR count). The van der Waals surface area contributed by atoms with Crippen LogP contribution in [0.15, 0.2) is 46.0 Å². The van der Waals surface area contributed by atoms with Crippen molar-refractivity contribution in [1.29, 1.82) is 0 Å². The highest BCUT2D eigenvalue weighted by Gasteiger charge is 2.47. The first-order valence-corrected chi connectivity index (χ1v) is 7.91. The van der Waals surface area contributed by atoms with E-state index in [1.807, 2.05) is 0 Å². The number of Topliss-reactive ketones (excluding diaryl/α,β-unsaturated/α-hetero) is 1. The van der Waals surface area contributed by atoms with Crippen LogP contribution in [0.3, 0.4) is 0 Å². The van der Waals surface area contributed by atoms with E-state index >= 15 is 0 Å². The fraction of sp³-hybridized carbons (Fsp3) is 0.368. The second-order valence-electron chi connectivity index (χ2n) is 6.40. The molecule has 0 heterocycles. The predicted octanol–water partition coefficient (Wildman–Crippen LogP) is 3.70. The second kappa shape index (κ2) is 7.31. The maximum absolute atomic E-state index is 12.3. The number of hydrogen-bond acceptors (Lipinski definition) is 6. The highest BCUT2D eigenvalue weighted by Crippen LogP contribution is 2.42. The molecule has 0 amide bonds. The highest BCUT2D eigenvalue weighted by molar-refractivity contribution is 5.99. The second-order valence-corrected chi connectivity index (χ2v) is 6.40. The van der Waals surface area contributed by atoms with Crippen molar-refractivity contribution in [3.05, 3.63) is 41.3 Å². The number of terminal acetylenes is 1. The van der Waals surface area contributed by atoms with E-state index in [4.69, 9.17) is 11.2 Å². The quantitative estimate of drug-likeness (QED) is 0.514. The molecule has 1 unspecified atom stereocenters. The van der Waals surface area contributed by atoms with E-state index in [1.54, 1.807) is 45.0 Å². The average molecular weight is 340 g/mol. The van der Waals surface area contributed by atoms with Crippen molar-refractivity contribution in [2.24, 2.45) is 21.6 Å². The Morgan fingerprint density at radius 1 is 1.44 bits per heavy atom. The Morgan fingerprint density at radius 3 is 2.80 bits per heavy atom. The Morgan fingerprint density at radius 2 is 2.16 bits per heavy atom. The number of nitrogens with zero attached hydrogens (tertiary/aromatic N) is 2. The van der Waals surface area contributed by atoms with E-state index in [-0.39, 0.29) is 24.5 Å². The smallest absolute Gasteiger partial charge is 0.317 e. The molecule has 1 aliphatic rings. The molecule has 0 aromatic heterocycles. The third-order valence-corrected chi connectivity index (χ3v) is 3.98. The first-order valence-electron chi connectivity index (χ1n) is 7.91. The summed E-state index contributed by atoms with van der Waals surface area (Å²) in [6.07, 6.45) is 5.39. The minimum absolute atomic E-state index is 0.0549. The van der Waals surface area contributed by atoms with Crippen LogP contribution in [0.25, 0.3) is 0 Å². The van der Waals surface area contributed by atoms with Crippen molar-refractivity contribution in [2.75, 3.05) is 6.61 Å². The molecule has 130 valence electrons. The van der Waals surface area contributed by atoms with Gasteiger partial charge >= 0.3 is 5.97 Å². The first-order chi connectivity index (χ1) is 11.8. The van der Waals surface area contributed by atoms with Crippen molar-refractivity contribution in [2.45, 2.75) is 27.2 Å². The van der Waals surface area contributed by atoms with Gasteiger partial charge in [0.15, 0.2) is 11.5 Å². The minimum atomic E-state index is -0.962. The molecule has 1 N–H and O–H groups in total. The van der Waals surface area contributed by atoms with E-state index in [1.165, 1.54) is 0 Å². The number of rotatable bonds is 4. The van der Waals surface area contributed by atoms with Crippen molar-refractivity contribution >= 4 is 17.4 Å². The zero-order valence-corrected chi connectivity index (χ0v) is 14.4. The average Bonchev–Trinajstić information content (AvgIpc) is 2.53. The summed E-state index contributed by atoms with van der Waals surface area (Å²) >= 11 is 0. The van der Waals surface area contributed by atoms with Gasteiger partial charge in [0.25, 0.3) is 0 Å². The lowest BCUT2D eigenvalue weighted by Gasteiger charge is -2.35. The summed E-state index contributed by atoms with van der Waals surface area (Å²) in [6.45, 7) is 5.32. The van der Waals surface area contributed by atoms with E-state index in [0.29, 0.717) is 11.3 Å². The summed E-state index contributed by atoms with van der Waals surface area (Å²) < 4.78 is 5.03. The number of esters is 1. The molecule has 6 heteroatoms. The molecule has 0 spiro atoms. The number of azo groups is 1. The van der Waals surface area contributed by atoms with Gasteiger partial charge in [-0.1, -0.05) is 25.8 Å². The summed E-state index contributed by atoms with van der Waals surface area (Å²) in [7, 11) is 0. The number of hydrogen-bond donors (Lipinski definition) is 1. The van der Waals surface area contributed by atoms with Crippen molar-refractivity contribution in [1.82, 2.24) is 0 Å². The van der Waals surface area contributed by atoms with Crippen LogP contribution in [0.5, 0.6) is 0 Å². The number of ether oxygens (including phenoxy) is 1. The molecule has 0 fully saturated rings. The molecular formula is C19H20N2O4. The lowest BCUT2D eigenvalue weighted by atomic mass is 9.70. The Hall–Kier alpha value is -2.94. The monoisotopic (exact) mass is 340 g/mol. The SMILES string of the molecule is C#Cc1cccc(N=NC2=C(O)C(C(=O)OCC)C(C)(C)CC2=O)c1. The van der Waals surface area contributed by atoms with E-state index in [2.05, 4.69) is 16.1 Å². The largest absolute Gasteiger partial charge is 0.509 e. The van der Waals surface area contributed by atoms with Crippen LogP contribution in [0.4, 0.5) is 5.69 Å². The molecular weight excluding hydrogens is 320 g/mol.